The van der Waals surface area contributed by atoms with E-state index in [1.807, 2.05) is 18.2 Å². The molecule has 0 spiro atoms. The fourth-order valence-corrected chi connectivity index (χ4v) is 2.80. The zero-order valence-electron chi connectivity index (χ0n) is 11.6. The van der Waals surface area contributed by atoms with E-state index < -0.39 is 0 Å². The Morgan fingerprint density at radius 2 is 2.00 bits per heavy atom. The molecule has 1 aliphatic heterocycles. The fourth-order valence-electron chi connectivity index (χ4n) is 2.59. The molecule has 3 nitrogen and oxygen atoms in total. The monoisotopic (exact) mass is 282 g/mol. The number of ether oxygens (including phenoxy) is 1. The minimum absolute atomic E-state index is 0.0579. The quantitative estimate of drug-likeness (QED) is 0.900. The third-order valence-electron chi connectivity index (χ3n) is 3.78. The molecule has 0 saturated carbocycles. The predicted molar refractivity (Wildman–Crippen MR) is 79.6 cm³/mol. The number of rotatable bonds is 5. The molecule has 0 bridgehead atoms. The lowest BCUT2D eigenvalue weighted by atomic mass is 9.83. The van der Waals surface area contributed by atoms with Gasteiger partial charge in [-0.1, -0.05) is 36.7 Å². The second-order valence-electron chi connectivity index (χ2n) is 5.67. The van der Waals surface area contributed by atoms with E-state index in [9.17, 15) is 0 Å². The molecule has 4 heteroatoms. The molecule has 2 rings (SSSR count). The highest BCUT2D eigenvalue weighted by atomic mass is 35.5. The third kappa shape index (κ3) is 4.18. The molecule has 1 aromatic rings. The lowest BCUT2D eigenvalue weighted by Crippen LogP contribution is -2.46. The van der Waals surface area contributed by atoms with Crippen molar-refractivity contribution in [2.75, 3.05) is 39.4 Å². The molecule has 2 N–H and O–H groups in total. The molecule has 106 valence electrons. The number of benzene rings is 1. The van der Waals surface area contributed by atoms with Gasteiger partial charge in [0.1, 0.15) is 0 Å². The number of halogens is 1. The first-order valence-corrected chi connectivity index (χ1v) is 7.24. The smallest absolute Gasteiger partial charge is 0.0594 e. The Labute approximate surface area is 120 Å². The van der Waals surface area contributed by atoms with E-state index in [0.29, 0.717) is 6.54 Å². The molecule has 1 aliphatic rings. The number of nitrogens with two attached hydrogens (primary N) is 1. The Morgan fingerprint density at radius 1 is 1.32 bits per heavy atom. The van der Waals surface area contributed by atoms with E-state index in [4.69, 9.17) is 22.1 Å². The van der Waals surface area contributed by atoms with Crippen LogP contribution in [0.25, 0.3) is 0 Å². The highest BCUT2D eigenvalue weighted by molar-refractivity contribution is 6.31. The molecule has 1 fully saturated rings. The molecule has 1 unspecified atom stereocenters. The van der Waals surface area contributed by atoms with Gasteiger partial charge in [0.2, 0.25) is 0 Å². The van der Waals surface area contributed by atoms with Crippen molar-refractivity contribution in [1.82, 2.24) is 4.90 Å². The molecule has 0 aromatic heterocycles. The maximum atomic E-state index is 6.26. The van der Waals surface area contributed by atoms with E-state index in [1.54, 1.807) is 0 Å². The molecule has 1 heterocycles. The number of morpholine rings is 1. The van der Waals surface area contributed by atoms with Gasteiger partial charge in [0.15, 0.2) is 0 Å². The van der Waals surface area contributed by atoms with Crippen molar-refractivity contribution in [3.63, 3.8) is 0 Å². The van der Waals surface area contributed by atoms with Gasteiger partial charge in [-0.15, -0.1) is 0 Å². The normalized spacial score (nSPS) is 20.2. The van der Waals surface area contributed by atoms with E-state index >= 15 is 0 Å². The van der Waals surface area contributed by atoms with E-state index in [2.05, 4.69) is 17.9 Å². The topological polar surface area (TPSA) is 38.5 Å². The molecule has 1 atom stereocenters. The molecule has 0 aliphatic carbocycles. The van der Waals surface area contributed by atoms with Gasteiger partial charge in [-0.3, -0.25) is 4.90 Å². The van der Waals surface area contributed by atoms with Crippen molar-refractivity contribution in [3.8, 4) is 0 Å². The van der Waals surface area contributed by atoms with Crippen LogP contribution in [0.5, 0.6) is 0 Å². The first-order chi connectivity index (χ1) is 9.13. The van der Waals surface area contributed by atoms with E-state index in [0.717, 1.165) is 44.3 Å². The van der Waals surface area contributed by atoms with Crippen molar-refractivity contribution in [1.29, 1.82) is 0 Å². The molecule has 1 saturated heterocycles. The van der Waals surface area contributed by atoms with Gasteiger partial charge in [-0.05, 0) is 30.0 Å². The average Bonchev–Trinajstić information content (AvgIpc) is 2.42. The Hall–Kier alpha value is -0.610. The minimum atomic E-state index is 0.0579. The van der Waals surface area contributed by atoms with Crippen LogP contribution in [-0.2, 0) is 11.2 Å². The van der Waals surface area contributed by atoms with Crippen molar-refractivity contribution in [3.05, 3.63) is 34.9 Å². The van der Waals surface area contributed by atoms with Gasteiger partial charge in [0, 0.05) is 24.7 Å². The predicted octanol–water partition coefficient (Wildman–Crippen LogP) is 2.18. The number of hydrogen-bond donors (Lipinski definition) is 1. The molecule has 0 radical (unpaired) electrons. The summed E-state index contributed by atoms with van der Waals surface area (Å²) in [5, 5.41) is 0.837. The summed E-state index contributed by atoms with van der Waals surface area (Å²) in [5.74, 6) is 0. The summed E-state index contributed by atoms with van der Waals surface area (Å²) >= 11 is 6.26. The van der Waals surface area contributed by atoms with E-state index in [1.165, 1.54) is 5.56 Å². The molecule has 0 amide bonds. The summed E-state index contributed by atoms with van der Waals surface area (Å²) < 4.78 is 5.39. The summed E-state index contributed by atoms with van der Waals surface area (Å²) in [6.07, 6.45) is 0.917. The summed E-state index contributed by atoms with van der Waals surface area (Å²) in [6.45, 7) is 7.55. The Bertz CT molecular complexity index is 407. The van der Waals surface area contributed by atoms with E-state index in [-0.39, 0.29) is 5.41 Å². The van der Waals surface area contributed by atoms with Gasteiger partial charge in [0.05, 0.1) is 13.2 Å². The van der Waals surface area contributed by atoms with Gasteiger partial charge in [-0.25, -0.2) is 0 Å². The van der Waals surface area contributed by atoms with Gasteiger partial charge < -0.3 is 10.5 Å². The minimum Gasteiger partial charge on any atom is -0.379 e. The highest BCUT2D eigenvalue weighted by Crippen LogP contribution is 2.27. The Kier molecular flexibility index (Phi) is 5.22. The Balaban J connectivity index is 2.02. The molecular formula is C15H23ClN2O. The average molecular weight is 283 g/mol. The first kappa shape index (κ1) is 14.8. The van der Waals surface area contributed by atoms with Crippen LogP contribution in [-0.4, -0.2) is 44.3 Å². The van der Waals surface area contributed by atoms with Crippen molar-refractivity contribution in [2.24, 2.45) is 11.1 Å². The number of hydrogen-bond acceptors (Lipinski definition) is 3. The van der Waals surface area contributed by atoms with Crippen LogP contribution in [0.1, 0.15) is 12.5 Å². The summed E-state index contributed by atoms with van der Waals surface area (Å²) in [6, 6.07) is 8.04. The van der Waals surface area contributed by atoms with Crippen LogP contribution < -0.4 is 5.73 Å². The lowest BCUT2D eigenvalue weighted by molar-refractivity contribution is 0.0198. The fraction of sp³-hybridized carbons (Fsp3) is 0.600. The summed E-state index contributed by atoms with van der Waals surface area (Å²) in [7, 11) is 0. The van der Waals surface area contributed by atoms with Gasteiger partial charge in [-0.2, -0.15) is 0 Å². The Morgan fingerprint density at radius 3 is 2.63 bits per heavy atom. The van der Waals surface area contributed by atoms with Crippen molar-refractivity contribution in [2.45, 2.75) is 13.3 Å². The zero-order valence-corrected chi connectivity index (χ0v) is 12.3. The van der Waals surface area contributed by atoms with Crippen LogP contribution in [0, 0.1) is 5.41 Å². The first-order valence-electron chi connectivity index (χ1n) is 6.86. The second-order valence-corrected chi connectivity index (χ2v) is 6.08. The number of nitrogens with zero attached hydrogens (tertiary/aromatic N) is 1. The molecule has 19 heavy (non-hydrogen) atoms. The van der Waals surface area contributed by atoms with Crippen LogP contribution >= 0.6 is 11.6 Å². The highest BCUT2D eigenvalue weighted by Gasteiger charge is 2.27. The van der Waals surface area contributed by atoms with Crippen molar-refractivity contribution < 1.29 is 4.74 Å². The SMILES string of the molecule is CC(CN)(Cc1ccccc1Cl)CN1CCOCC1. The maximum absolute atomic E-state index is 6.26. The van der Waals surface area contributed by atoms with Crippen LogP contribution in [0.2, 0.25) is 5.02 Å². The largest absolute Gasteiger partial charge is 0.379 e. The second kappa shape index (κ2) is 6.71. The molecular weight excluding hydrogens is 260 g/mol. The van der Waals surface area contributed by atoms with Gasteiger partial charge in [0.25, 0.3) is 0 Å². The van der Waals surface area contributed by atoms with Crippen LogP contribution in [0.4, 0.5) is 0 Å². The lowest BCUT2D eigenvalue weighted by Gasteiger charge is -2.36. The maximum Gasteiger partial charge on any atom is 0.0594 e. The standard InChI is InChI=1S/C15H23ClN2O/c1-15(11-17,12-18-6-8-19-9-7-18)10-13-4-2-3-5-14(13)16/h2-5H,6-12,17H2,1H3. The van der Waals surface area contributed by atoms with Crippen LogP contribution in [0.3, 0.4) is 0 Å². The summed E-state index contributed by atoms with van der Waals surface area (Å²) in [4.78, 5) is 2.44. The van der Waals surface area contributed by atoms with Crippen LogP contribution in [0.15, 0.2) is 24.3 Å². The third-order valence-corrected chi connectivity index (χ3v) is 4.15. The zero-order chi connectivity index (χ0) is 13.7. The summed E-state index contributed by atoms with van der Waals surface area (Å²) in [5.41, 5.74) is 7.26. The molecule has 1 aromatic carbocycles. The van der Waals surface area contributed by atoms with Gasteiger partial charge >= 0.3 is 0 Å². The van der Waals surface area contributed by atoms with Crippen molar-refractivity contribution >= 4 is 11.6 Å².